The molecule has 2 aromatic rings. The predicted molar refractivity (Wildman–Crippen MR) is 104 cm³/mol. The molecule has 3 rings (SSSR count). The molecule has 3 amide bonds. The number of carbonyl (C=O) groups excluding carboxylic acids is 3. The molecule has 1 heterocycles. The lowest BCUT2D eigenvalue weighted by atomic mass is 10.1. The topological polar surface area (TPSA) is 113 Å². The summed E-state index contributed by atoms with van der Waals surface area (Å²) in [5.41, 5.74) is 0.405. The number of anilines is 1. The molecular formula is C21H20N2O6. The van der Waals surface area contributed by atoms with Gasteiger partial charge < -0.3 is 15.2 Å². The molecule has 0 radical (unpaired) electrons. The first-order valence-corrected chi connectivity index (χ1v) is 8.87. The van der Waals surface area contributed by atoms with Crippen molar-refractivity contribution in [2.75, 3.05) is 11.9 Å². The number of benzene rings is 2. The smallest absolute Gasteiger partial charge is 0.341 e. The van der Waals surface area contributed by atoms with Gasteiger partial charge in [-0.25, -0.2) is 4.79 Å². The van der Waals surface area contributed by atoms with Crippen LogP contribution in [0.25, 0.3) is 0 Å². The largest absolute Gasteiger partial charge is 0.482 e. The van der Waals surface area contributed by atoms with Crippen LogP contribution in [0.5, 0.6) is 5.75 Å². The number of nitrogens with one attached hydrogen (secondary N) is 1. The highest BCUT2D eigenvalue weighted by molar-refractivity contribution is 6.22. The van der Waals surface area contributed by atoms with Gasteiger partial charge in [-0.05, 0) is 51.1 Å². The summed E-state index contributed by atoms with van der Waals surface area (Å²) in [6.07, 6.45) is 0. The lowest BCUT2D eigenvalue weighted by Gasteiger charge is -2.29. The average Bonchev–Trinajstić information content (AvgIpc) is 2.90. The molecule has 150 valence electrons. The molecule has 0 aliphatic carbocycles. The Labute approximate surface area is 167 Å². The molecular weight excluding hydrogens is 376 g/mol. The van der Waals surface area contributed by atoms with Crippen molar-refractivity contribution >= 4 is 29.4 Å². The van der Waals surface area contributed by atoms with Crippen molar-refractivity contribution in [1.82, 2.24) is 4.90 Å². The predicted octanol–water partition coefficient (Wildman–Crippen LogP) is 2.80. The van der Waals surface area contributed by atoms with Crippen LogP contribution in [0.3, 0.4) is 0 Å². The fourth-order valence-corrected chi connectivity index (χ4v) is 3.00. The Morgan fingerprint density at radius 2 is 1.72 bits per heavy atom. The van der Waals surface area contributed by atoms with Crippen LogP contribution in [0.15, 0.2) is 42.5 Å². The van der Waals surface area contributed by atoms with Crippen LogP contribution in [0.4, 0.5) is 5.69 Å². The highest BCUT2D eigenvalue weighted by Gasteiger charge is 2.42. The molecule has 0 aromatic heterocycles. The zero-order valence-electron chi connectivity index (χ0n) is 16.2. The normalized spacial score (nSPS) is 13.3. The molecule has 1 aliphatic heterocycles. The van der Waals surface area contributed by atoms with Gasteiger partial charge in [-0.3, -0.25) is 19.3 Å². The van der Waals surface area contributed by atoms with Crippen molar-refractivity contribution in [1.29, 1.82) is 0 Å². The highest BCUT2D eigenvalue weighted by Crippen LogP contribution is 2.30. The van der Waals surface area contributed by atoms with E-state index in [0.717, 1.165) is 0 Å². The molecule has 2 aromatic carbocycles. The first-order valence-electron chi connectivity index (χ1n) is 8.87. The van der Waals surface area contributed by atoms with Gasteiger partial charge in [0.1, 0.15) is 5.75 Å². The summed E-state index contributed by atoms with van der Waals surface area (Å²) >= 11 is 0. The number of rotatable bonds is 5. The van der Waals surface area contributed by atoms with E-state index in [1.54, 1.807) is 39.0 Å². The van der Waals surface area contributed by atoms with Crippen molar-refractivity contribution < 1.29 is 29.0 Å². The third-order valence-electron chi connectivity index (χ3n) is 4.27. The molecule has 0 unspecified atom stereocenters. The monoisotopic (exact) mass is 396 g/mol. The van der Waals surface area contributed by atoms with Crippen LogP contribution in [0.1, 0.15) is 51.8 Å². The maximum Gasteiger partial charge on any atom is 0.341 e. The van der Waals surface area contributed by atoms with Crippen molar-refractivity contribution in [2.24, 2.45) is 0 Å². The first-order chi connectivity index (χ1) is 13.6. The fraction of sp³-hybridized carbons (Fsp3) is 0.238. The molecule has 1 aliphatic rings. The minimum absolute atomic E-state index is 0.191. The summed E-state index contributed by atoms with van der Waals surface area (Å²) in [5, 5.41) is 11.3. The van der Waals surface area contributed by atoms with Crippen LogP contribution < -0.4 is 10.1 Å². The van der Waals surface area contributed by atoms with E-state index in [2.05, 4.69) is 5.32 Å². The molecule has 0 saturated carbocycles. The number of carboxylic acids is 1. The second kappa shape index (κ2) is 7.38. The zero-order valence-corrected chi connectivity index (χ0v) is 16.2. The third-order valence-corrected chi connectivity index (χ3v) is 4.27. The molecule has 0 saturated heterocycles. The first kappa shape index (κ1) is 20.1. The van der Waals surface area contributed by atoms with Crippen molar-refractivity contribution in [3.8, 4) is 5.75 Å². The number of hydrogen-bond donors (Lipinski definition) is 2. The van der Waals surface area contributed by atoms with Gasteiger partial charge in [0.2, 0.25) is 0 Å². The van der Waals surface area contributed by atoms with Gasteiger partial charge in [-0.2, -0.15) is 0 Å². The molecule has 0 bridgehead atoms. The lowest BCUT2D eigenvalue weighted by molar-refractivity contribution is -0.139. The van der Waals surface area contributed by atoms with Crippen LogP contribution in [0.2, 0.25) is 0 Å². The van der Waals surface area contributed by atoms with E-state index in [4.69, 9.17) is 9.84 Å². The minimum Gasteiger partial charge on any atom is -0.482 e. The Morgan fingerprint density at radius 1 is 1.03 bits per heavy atom. The zero-order chi connectivity index (χ0) is 21.3. The average molecular weight is 396 g/mol. The summed E-state index contributed by atoms with van der Waals surface area (Å²) in [6, 6.07) is 10.7. The van der Waals surface area contributed by atoms with E-state index in [-0.39, 0.29) is 22.6 Å². The number of ether oxygens (including phenoxy) is 1. The summed E-state index contributed by atoms with van der Waals surface area (Å²) < 4.78 is 5.09. The Balaban J connectivity index is 1.80. The maximum absolute atomic E-state index is 12.7. The van der Waals surface area contributed by atoms with E-state index < -0.39 is 29.9 Å². The summed E-state index contributed by atoms with van der Waals surface area (Å²) in [5.74, 6) is -2.11. The Kier molecular flexibility index (Phi) is 5.11. The van der Waals surface area contributed by atoms with E-state index >= 15 is 0 Å². The quantitative estimate of drug-likeness (QED) is 0.752. The van der Waals surface area contributed by atoms with E-state index in [0.29, 0.717) is 11.4 Å². The summed E-state index contributed by atoms with van der Waals surface area (Å²) in [6.45, 7) is 4.80. The van der Waals surface area contributed by atoms with Gasteiger partial charge in [0, 0.05) is 22.9 Å². The molecule has 8 nitrogen and oxygen atoms in total. The molecule has 0 fully saturated rings. The number of imide groups is 1. The molecule has 8 heteroatoms. The van der Waals surface area contributed by atoms with Gasteiger partial charge in [-0.15, -0.1) is 0 Å². The lowest BCUT2D eigenvalue weighted by Crippen LogP contribution is -2.45. The van der Waals surface area contributed by atoms with Crippen molar-refractivity contribution in [2.45, 2.75) is 26.3 Å². The number of nitrogens with zero attached hydrogens (tertiary/aromatic N) is 1. The van der Waals surface area contributed by atoms with E-state index in [1.807, 2.05) is 0 Å². The SMILES string of the molecule is CC(C)(C)N1C(=O)c2ccc(C(=O)Nc3cccc(OCC(=O)O)c3)cc2C1=O. The maximum atomic E-state index is 12.7. The van der Waals surface area contributed by atoms with Gasteiger partial charge in [0.05, 0.1) is 11.1 Å². The Bertz CT molecular complexity index is 1020. The second-order valence-corrected chi connectivity index (χ2v) is 7.54. The highest BCUT2D eigenvalue weighted by atomic mass is 16.5. The van der Waals surface area contributed by atoms with Crippen LogP contribution in [0, 0.1) is 0 Å². The van der Waals surface area contributed by atoms with Crippen LogP contribution >= 0.6 is 0 Å². The third kappa shape index (κ3) is 4.11. The second-order valence-electron chi connectivity index (χ2n) is 7.54. The number of aliphatic carboxylic acids is 1. The number of hydrogen-bond acceptors (Lipinski definition) is 5. The molecule has 29 heavy (non-hydrogen) atoms. The molecule has 0 atom stereocenters. The standard InChI is InChI=1S/C21H20N2O6/c1-21(2,3)23-19(27)15-8-7-12(9-16(15)20(23)28)18(26)22-13-5-4-6-14(10-13)29-11-17(24)25/h4-10H,11H2,1-3H3,(H,22,26)(H,24,25). The van der Waals surface area contributed by atoms with Crippen LogP contribution in [-0.4, -0.2) is 45.8 Å². The number of amides is 3. The summed E-state index contributed by atoms with van der Waals surface area (Å²) in [4.78, 5) is 49.6. The number of fused-ring (bicyclic) bond motifs is 1. The molecule has 2 N–H and O–H groups in total. The molecule has 0 spiro atoms. The Morgan fingerprint density at radius 3 is 2.38 bits per heavy atom. The summed E-state index contributed by atoms with van der Waals surface area (Å²) in [7, 11) is 0. The van der Waals surface area contributed by atoms with Gasteiger partial charge in [-0.1, -0.05) is 6.07 Å². The van der Waals surface area contributed by atoms with Crippen LogP contribution in [-0.2, 0) is 4.79 Å². The van der Waals surface area contributed by atoms with Gasteiger partial charge in [0.15, 0.2) is 6.61 Å². The van der Waals surface area contributed by atoms with E-state index in [9.17, 15) is 19.2 Å². The van der Waals surface area contributed by atoms with Gasteiger partial charge in [0.25, 0.3) is 17.7 Å². The van der Waals surface area contributed by atoms with E-state index in [1.165, 1.54) is 29.2 Å². The van der Waals surface area contributed by atoms with Crippen molar-refractivity contribution in [3.63, 3.8) is 0 Å². The van der Waals surface area contributed by atoms with Crippen molar-refractivity contribution in [3.05, 3.63) is 59.2 Å². The minimum atomic E-state index is -1.11. The fourth-order valence-electron chi connectivity index (χ4n) is 3.00. The van der Waals surface area contributed by atoms with Gasteiger partial charge >= 0.3 is 5.97 Å². The number of carboxylic acid groups (broad SMARTS) is 1. The number of carbonyl (C=O) groups is 4. The Hall–Kier alpha value is -3.68.